The Morgan fingerprint density at radius 3 is 2.65 bits per heavy atom. The third-order valence-corrected chi connectivity index (χ3v) is 3.88. The summed E-state index contributed by atoms with van der Waals surface area (Å²) in [6, 6.07) is 6.83. The minimum Gasteiger partial charge on any atom is -0.384 e. The van der Waals surface area contributed by atoms with E-state index in [9.17, 15) is 0 Å². The molecule has 1 aromatic carbocycles. The van der Waals surface area contributed by atoms with Gasteiger partial charge in [-0.3, -0.25) is 0 Å². The Morgan fingerprint density at radius 2 is 2.05 bits per heavy atom. The average Bonchev–Trinajstić information content (AvgIpc) is 2.47. The highest BCUT2D eigenvalue weighted by Gasteiger charge is 2.03. The van der Waals surface area contributed by atoms with Crippen molar-refractivity contribution in [2.75, 3.05) is 32.0 Å². The summed E-state index contributed by atoms with van der Waals surface area (Å²) in [6.45, 7) is 11.9. The summed E-state index contributed by atoms with van der Waals surface area (Å²) in [6.07, 6.45) is 4.33. The van der Waals surface area contributed by atoms with Crippen molar-refractivity contribution in [3.63, 3.8) is 0 Å². The standard InChI is InChI=1S/C18H30N2/c1-6-15(4)13-16-9-10-18(17(7-2)14-16)19-11-12-20(5)8-3/h6,9-10,14,19H,7-8,11-13H2,1-5H3. The van der Waals surface area contributed by atoms with Crippen LogP contribution in [0.1, 0.15) is 38.8 Å². The third kappa shape index (κ3) is 5.38. The maximum Gasteiger partial charge on any atom is 0.0373 e. The van der Waals surface area contributed by atoms with E-state index in [0.717, 1.165) is 32.5 Å². The third-order valence-electron chi connectivity index (χ3n) is 3.88. The van der Waals surface area contributed by atoms with Crippen molar-refractivity contribution in [1.82, 2.24) is 4.90 Å². The Hall–Kier alpha value is -1.28. The van der Waals surface area contributed by atoms with Gasteiger partial charge in [-0.05, 0) is 57.5 Å². The van der Waals surface area contributed by atoms with Crippen molar-refractivity contribution < 1.29 is 0 Å². The lowest BCUT2D eigenvalue weighted by Gasteiger charge is -2.17. The van der Waals surface area contributed by atoms with Crippen LogP contribution in [0.5, 0.6) is 0 Å². The minimum atomic E-state index is 1.00. The van der Waals surface area contributed by atoms with E-state index in [-0.39, 0.29) is 0 Å². The van der Waals surface area contributed by atoms with Gasteiger partial charge in [0, 0.05) is 18.8 Å². The number of allylic oxidation sites excluding steroid dienone is 2. The summed E-state index contributed by atoms with van der Waals surface area (Å²) in [4.78, 5) is 2.32. The number of benzene rings is 1. The van der Waals surface area contributed by atoms with Crippen molar-refractivity contribution in [3.05, 3.63) is 41.0 Å². The molecule has 0 heterocycles. The molecule has 0 amide bonds. The summed E-state index contributed by atoms with van der Waals surface area (Å²) in [5.41, 5.74) is 5.55. The van der Waals surface area contributed by atoms with Crippen LogP contribution >= 0.6 is 0 Å². The van der Waals surface area contributed by atoms with Crippen LogP contribution in [-0.4, -0.2) is 31.6 Å². The Morgan fingerprint density at radius 1 is 1.30 bits per heavy atom. The molecular weight excluding hydrogens is 244 g/mol. The first-order valence-electron chi connectivity index (χ1n) is 7.76. The molecule has 0 unspecified atom stereocenters. The van der Waals surface area contributed by atoms with Crippen LogP contribution in [0.15, 0.2) is 29.8 Å². The first-order chi connectivity index (χ1) is 9.60. The van der Waals surface area contributed by atoms with Crippen LogP contribution in [0.3, 0.4) is 0 Å². The largest absolute Gasteiger partial charge is 0.384 e. The first-order valence-corrected chi connectivity index (χ1v) is 7.76. The van der Waals surface area contributed by atoms with Crippen molar-refractivity contribution in [3.8, 4) is 0 Å². The molecule has 1 N–H and O–H groups in total. The van der Waals surface area contributed by atoms with Gasteiger partial charge in [-0.15, -0.1) is 0 Å². The molecule has 0 bridgehead atoms. The molecule has 0 spiro atoms. The van der Waals surface area contributed by atoms with Gasteiger partial charge in [0.1, 0.15) is 0 Å². The molecule has 1 rings (SSSR count). The van der Waals surface area contributed by atoms with Crippen LogP contribution < -0.4 is 5.32 Å². The number of aryl methyl sites for hydroxylation is 1. The van der Waals surface area contributed by atoms with Gasteiger partial charge < -0.3 is 10.2 Å². The molecule has 0 aliphatic carbocycles. The van der Waals surface area contributed by atoms with E-state index in [2.05, 4.69) is 69.2 Å². The van der Waals surface area contributed by atoms with Crippen molar-refractivity contribution >= 4 is 5.69 Å². The van der Waals surface area contributed by atoms with Gasteiger partial charge in [-0.2, -0.15) is 0 Å². The van der Waals surface area contributed by atoms with Gasteiger partial charge in [0.05, 0.1) is 0 Å². The molecule has 0 atom stereocenters. The van der Waals surface area contributed by atoms with Gasteiger partial charge in [-0.1, -0.05) is 37.6 Å². The highest BCUT2D eigenvalue weighted by atomic mass is 15.1. The zero-order chi connectivity index (χ0) is 15.0. The summed E-state index contributed by atoms with van der Waals surface area (Å²) in [7, 11) is 2.16. The number of anilines is 1. The lowest BCUT2D eigenvalue weighted by Crippen LogP contribution is -2.24. The Kier molecular flexibility index (Phi) is 7.38. The first kappa shape index (κ1) is 16.8. The van der Waals surface area contributed by atoms with Gasteiger partial charge in [0.15, 0.2) is 0 Å². The fraction of sp³-hybridized carbons (Fsp3) is 0.556. The predicted molar refractivity (Wildman–Crippen MR) is 90.6 cm³/mol. The van der Waals surface area contributed by atoms with Gasteiger partial charge in [-0.25, -0.2) is 0 Å². The fourth-order valence-electron chi connectivity index (χ4n) is 2.19. The number of hydrogen-bond acceptors (Lipinski definition) is 2. The smallest absolute Gasteiger partial charge is 0.0373 e. The lowest BCUT2D eigenvalue weighted by molar-refractivity contribution is 0.367. The Balaban J connectivity index is 2.68. The summed E-state index contributed by atoms with van der Waals surface area (Å²) in [5.74, 6) is 0. The molecule has 20 heavy (non-hydrogen) atoms. The quantitative estimate of drug-likeness (QED) is 0.717. The second-order valence-electron chi connectivity index (χ2n) is 5.48. The molecular formula is C18H30N2. The fourth-order valence-corrected chi connectivity index (χ4v) is 2.19. The summed E-state index contributed by atoms with van der Waals surface area (Å²) in [5, 5.41) is 3.57. The molecule has 0 aliphatic heterocycles. The average molecular weight is 274 g/mol. The summed E-state index contributed by atoms with van der Waals surface area (Å²) >= 11 is 0. The Labute approximate surface area is 124 Å². The number of rotatable bonds is 8. The number of likely N-dealkylation sites (N-methyl/N-ethyl adjacent to an activating group) is 1. The van der Waals surface area contributed by atoms with E-state index in [1.165, 1.54) is 22.4 Å². The number of hydrogen-bond donors (Lipinski definition) is 1. The zero-order valence-corrected chi connectivity index (χ0v) is 13.8. The van der Waals surface area contributed by atoms with Gasteiger partial charge in [0.25, 0.3) is 0 Å². The van der Waals surface area contributed by atoms with E-state index in [1.807, 2.05) is 0 Å². The molecule has 2 heteroatoms. The Bertz CT molecular complexity index is 435. The van der Waals surface area contributed by atoms with Gasteiger partial charge >= 0.3 is 0 Å². The minimum absolute atomic E-state index is 1.00. The topological polar surface area (TPSA) is 15.3 Å². The zero-order valence-electron chi connectivity index (χ0n) is 13.8. The van der Waals surface area contributed by atoms with Crippen molar-refractivity contribution in [2.45, 2.75) is 40.5 Å². The SMILES string of the molecule is CC=C(C)Cc1ccc(NCCN(C)CC)c(CC)c1. The molecule has 112 valence electrons. The molecule has 0 saturated carbocycles. The molecule has 0 fully saturated rings. The molecule has 0 aromatic heterocycles. The highest BCUT2D eigenvalue weighted by molar-refractivity contribution is 5.53. The van der Waals surface area contributed by atoms with Crippen LogP contribution in [0.2, 0.25) is 0 Å². The van der Waals surface area contributed by atoms with Crippen LogP contribution in [-0.2, 0) is 12.8 Å². The van der Waals surface area contributed by atoms with E-state index < -0.39 is 0 Å². The van der Waals surface area contributed by atoms with E-state index >= 15 is 0 Å². The van der Waals surface area contributed by atoms with E-state index in [1.54, 1.807) is 0 Å². The number of nitrogens with zero attached hydrogens (tertiary/aromatic N) is 1. The molecule has 2 nitrogen and oxygen atoms in total. The maximum absolute atomic E-state index is 3.57. The highest BCUT2D eigenvalue weighted by Crippen LogP contribution is 2.20. The molecule has 0 radical (unpaired) electrons. The molecule has 0 aliphatic rings. The molecule has 1 aromatic rings. The van der Waals surface area contributed by atoms with Crippen LogP contribution in [0.4, 0.5) is 5.69 Å². The molecule has 0 saturated heterocycles. The predicted octanol–water partition coefficient (Wildman–Crippen LogP) is 4.12. The van der Waals surface area contributed by atoms with E-state index in [0.29, 0.717) is 0 Å². The van der Waals surface area contributed by atoms with E-state index in [4.69, 9.17) is 0 Å². The maximum atomic E-state index is 3.57. The normalized spacial score (nSPS) is 12.0. The lowest BCUT2D eigenvalue weighted by atomic mass is 10.0. The second-order valence-corrected chi connectivity index (χ2v) is 5.48. The van der Waals surface area contributed by atoms with Crippen molar-refractivity contribution in [1.29, 1.82) is 0 Å². The monoisotopic (exact) mass is 274 g/mol. The van der Waals surface area contributed by atoms with Crippen molar-refractivity contribution in [2.24, 2.45) is 0 Å². The van der Waals surface area contributed by atoms with Crippen LogP contribution in [0, 0.1) is 0 Å². The second kappa shape index (κ2) is 8.80. The number of nitrogens with one attached hydrogen (secondary N) is 1. The van der Waals surface area contributed by atoms with Gasteiger partial charge in [0.2, 0.25) is 0 Å². The summed E-state index contributed by atoms with van der Waals surface area (Å²) < 4.78 is 0. The van der Waals surface area contributed by atoms with Crippen LogP contribution in [0.25, 0.3) is 0 Å².